The second-order valence-corrected chi connectivity index (χ2v) is 3.77. The molecule has 17 heavy (non-hydrogen) atoms. The van der Waals surface area contributed by atoms with Gasteiger partial charge in [-0.25, -0.2) is 0 Å². The number of hydrogen-bond donors (Lipinski definition) is 0. The number of nitrogens with zero attached hydrogens (tertiary/aromatic N) is 1. The van der Waals surface area contributed by atoms with E-state index in [1.165, 1.54) is 4.90 Å². The Kier molecular flexibility index (Phi) is 15.0. The van der Waals surface area contributed by atoms with Gasteiger partial charge in [-0.1, -0.05) is 6.92 Å². The third-order valence-corrected chi connectivity index (χ3v) is 2.06. The van der Waals surface area contributed by atoms with E-state index in [1.807, 2.05) is 0 Å². The van der Waals surface area contributed by atoms with Crippen LogP contribution in [-0.4, -0.2) is 56.0 Å². The number of hydrogen-bond acceptors (Lipinski definition) is 4. The molecule has 0 rings (SSSR count). The van der Waals surface area contributed by atoms with Gasteiger partial charge in [0.2, 0.25) is 6.41 Å². The zero-order chi connectivity index (χ0) is 13.7. The molecular formula is C10H19Cl2NO4. The van der Waals surface area contributed by atoms with Gasteiger partial charge in [0.25, 0.3) is 0 Å². The second-order valence-electron chi connectivity index (χ2n) is 3.15. The summed E-state index contributed by atoms with van der Waals surface area (Å²) in [5, 5.41) is 0. The fraction of sp³-hybridized carbons (Fsp3) is 0.800. The van der Waals surface area contributed by atoms with Crippen molar-refractivity contribution in [1.82, 2.24) is 4.90 Å². The van der Waals surface area contributed by atoms with Crippen LogP contribution < -0.4 is 0 Å². The standard InChI is InChI=1S/C7H12Cl2O3.C3H7NO/c1-2-7(10)12-5-11-6(3-8)4-9;1-4(2)3-5/h6H,2-5H2,1H3;3H,1-2H3. The smallest absolute Gasteiger partial charge is 0.307 e. The summed E-state index contributed by atoms with van der Waals surface area (Å²) < 4.78 is 9.65. The Bertz CT molecular complexity index is 199. The average molecular weight is 288 g/mol. The highest BCUT2D eigenvalue weighted by molar-refractivity contribution is 6.21. The van der Waals surface area contributed by atoms with Crippen molar-refractivity contribution < 1.29 is 19.1 Å². The van der Waals surface area contributed by atoms with Crippen molar-refractivity contribution in [2.75, 3.05) is 32.6 Å². The van der Waals surface area contributed by atoms with E-state index in [0.29, 0.717) is 18.2 Å². The van der Waals surface area contributed by atoms with Crippen molar-refractivity contribution in [1.29, 1.82) is 0 Å². The molecule has 0 fully saturated rings. The van der Waals surface area contributed by atoms with Crippen LogP contribution in [0.3, 0.4) is 0 Å². The number of carbonyl (C=O) groups is 2. The van der Waals surface area contributed by atoms with Crippen LogP contribution in [0.4, 0.5) is 0 Å². The van der Waals surface area contributed by atoms with Gasteiger partial charge in [0.15, 0.2) is 6.79 Å². The van der Waals surface area contributed by atoms with Crippen LogP contribution in [0.15, 0.2) is 0 Å². The molecule has 0 aliphatic rings. The van der Waals surface area contributed by atoms with Gasteiger partial charge in [0.1, 0.15) is 0 Å². The molecule has 7 heteroatoms. The van der Waals surface area contributed by atoms with Crippen molar-refractivity contribution in [2.45, 2.75) is 19.4 Å². The maximum Gasteiger partial charge on any atom is 0.307 e. The Hall–Kier alpha value is -0.520. The summed E-state index contributed by atoms with van der Waals surface area (Å²) in [6.07, 6.45) is 0.841. The highest BCUT2D eigenvalue weighted by Crippen LogP contribution is 1.98. The van der Waals surface area contributed by atoms with Crippen molar-refractivity contribution in [3.63, 3.8) is 0 Å². The molecule has 0 aromatic carbocycles. The van der Waals surface area contributed by atoms with Crippen molar-refractivity contribution in [2.24, 2.45) is 0 Å². The molecule has 0 aromatic rings. The highest BCUT2D eigenvalue weighted by atomic mass is 35.5. The first-order valence-electron chi connectivity index (χ1n) is 5.02. The fourth-order valence-electron chi connectivity index (χ4n) is 0.428. The van der Waals surface area contributed by atoms with Gasteiger partial charge >= 0.3 is 5.97 Å². The zero-order valence-corrected chi connectivity index (χ0v) is 11.8. The lowest BCUT2D eigenvalue weighted by Crippen LogP contribution is -2.19. The van der Waals surface area contributed by atoms with Crippen LogP contribution in [0.5, 0.6) is 0 Å². The Morgan fingerprint density at radius 2 is 1.82 bits per heavy atom. The first kappa shape index (κ1) is 18.8. The zero-order valence-electron chi connectivity index (χ0n) is 10.3. The maximum atomic E-state index is 10.6. The number of rotatable bonds is 7. The lowest BCUT2D eigenvalue weighted by Gasteiger charge is -2.11. The first-order chi connectivity index (χ1) is 8.01. The van der Waals surface area contributed by atoms with Gasteiger partial charge in [0.05, 0.1) is 6.10 Å². The third-order valence-electron chi connectivity index (χ3n) is 1.37. The normalized spacial score (nSPS) is 9.29. The van der Waals surface area contributed by atoms with Crippen molar-refractivity contribution >= 4 is 35.6 Å². The van der Waals surface area contributed by atoms with Crippen LogP contribution in [0.2, 0.25) is 0 Å². The molecule has 0 aliphatic heterocycles. The number of halogens is 2. The molecule has 0 heterocycles. The molecule has 0 aliphatic carbocycles. The number of alkyl halides is 2. The van der Waals surface area contributed by atoms with Gasteiger partial charge in [-0.15, -0.1) is 23.2 Å². The van der Waals surface area contributed by atoms with Crippen molar-refractivity contribution in [3.8, 4) is 0 Å². The molecule has 0 saturated carbocycles. The van der Waals surface area contributed by atoms with Gasteiger partial charge < -0.3 is 14.4 Å². The molecule has 0 bridgehead atoms. The van der Waals surface area contributed by atoms with Gasteiger partial charge in [-0.3, -0.25) is 9.59 Å². The van der Waals surface area contributed by atoms with Crippen LogP contribution in [0.1, 0.15) is 13.3 Å². The van der Waals surface area contributed by atoms with E-state index in [1.54, 1.807) is 21.0 Å². The Labute approximate surface area is 112 Å². The number of esters is 1. The predicted molar refractivity (Wildman–Crippen MR) is 67.3 cm³/mol. The summed E-state index contributed by atoms with van der Waals surface area (Å²) in [6.45, 7) is 1.64. The van der Waals surface area contributed by atoms with Gasteiger partial charge in [0, 0.05) is 32.3 Å². The summed E-state index contributed by atoms with van der Waals surface area (Å²) in [5.74, 6) is 0.304. The first-order valence-corrected chi connectivity index (χ1v) is 6.09. The number of amides is 1. The number of carbonyl (C=O) groups excluding carboxylic acids is 2. The quantitative estimate of drug-likeness (QED) is 0.308. The molecule has 0 unspecified atom stereocenters. The number of ether oxygens (including phenoxy) is 2. The third kappa shape index (κ3) is 15.5. The lowest BCUT2D eigenvalue weighted by molar-refractivity contribution is -0.158. The summed E-state index contributed by atoms with van der Waals surface area (Å²) in [5.41, 5.74) is 0. The molecule has 0 saturated heterocycles. The van der Waals surface area contributed by atoms with E-state index in [0.717, 1.165) is 6.41 Å². The predicted octanol–water partition coefficient (Wildman–Crippen LogP) is 1.46. The van der Waals surface area contributed by atoms with E-state index < -0.39 is 0 Å². The minimum absolute atomic E-state index is 0.0726. The molecule has 102 valence electrons. The largest absolute Gasteiger partial charge is 0.438 e. The Balaban J connectivity index is 0. The topological polar surface area (TPSA) is 55.8 Å². The van der Waals surface area contributed by atoms with E-state index in [4.69, 9.17) is 27.9 Å². The van der Waals surface area contributed by atoms with Gasteiger partial charge in [-0.05, 0) is 0 Å². The average Bonchev–Trinajstić information content (AvgIpc) is 2.35. The molecule has 0 aromatic heterocycles. The van der Waals surface area contributed by atoms with Gasteiger partial charge in [-0.2, -0.15) is 0 Å². The Morgan fingerprint density at radius 3 is 2.12 bits per heavy atom. The lowest BCUT2D eigenvalue weighted by atomic mass is 10.5. The minimum Gasteiger partial charge on any atom is -0.438 e. The molecular weight excluding hydrogens is 269 g/mol. The fourth-order valence-corrected chi connectivity index (χ4v) is 0.936. The van der Waals surface area contributed by atoms with Crippen LogP contribution in [0.25, 0.3) is 0 Å². The highest BCUT2D eigenvalue weighted by Gasteiger charge is 2.06. The van der Waals surface area contributed by atoms with E-state index in [-0.39, 0.29) is 18.9 Å². The van der Waals surface area contributed by atoms with E-state index in [2.05, 4.69) is 4.74 Å². The summed E-state index contributed by atoms with van der Waals surface area (Å²) in [4.78, 5) is 21.5. The van der Waals surface area contributed by atoms with Crippen molar-refractivity contribution in [3.05, 3.63) is 0 Å². The maximum absolute atomic E-state index is 10.6. The molecule has 0 radical (unpaired) electrons. The van der Waals surface area contributed by atoms with E-state index in [9.17, 15) is 9.59 Å². The Morgan fingerprint density at radius 1 is 1.35 bits per heavy atom. The monoisotopic (exact) mass is 287 g/mol. The SMILES string of the molecule is CCC(=O)OCOC(CCl)CCl.CN(C)C=O. The molecule has 0 atom stereocenters. The molecule has 0 N–H and O–H groups in total. The van der Waals surface area contributed by atoms with E-state index >= 15 is 0 Å². The second kappa shape index (κ2) is 13.5. The summed E-state index contributed by atoms with van der Waals surface area (Å²) >= 11 is 10.9. The molecule has 1 amide bonds. The molecule has 0 spiro atoms. The summed E-state index contributed by atoms with van der Waals surface area (Å²) in [6, 6.07) is 0. The van der Waals surface area contributed by atoms with Crippen LogP contribution >= 0.6 is 23.2 Å². The summed E-state index contributed by atoms with van der Waals surface area (Å²) in [7, 11) is 3.38. The van der Waals surface area contributed by atoms with Crippen LogP contribution in [-0.2, 0) is 19.1 Å². The van der Waals surface area contributed by atoms with Crippen LogP contribution in [0, 0.1) is 0 Å². The molecule has 5 nitrogen and oxygen atoms in total. The minimum atomic E-state index is -0.294.